The van der Waals surface area contributed by atoms with Gasteiger partial charge in [-0.1, -0.05) is 0 Å². The SMILES string of the molecule is COc1cncc(C(=O)N[C@H](c2cn3ncc(C(NC(=O)CCC(F)(F)F)C4CC4)cc3n2)C2CCC(F)(F)CC2)n1. The summed E-state index contributed by atoms with van der Waals surface area (Å²) in [6, 6.07) is 0.421. The Morgan fingerprint density at radius 3 is 2.43 bits per heavy atom. The minimum atomic E-state index is -4.43. The quantitative estimate of drug-likeness (QED) is 0.325. The van der Waals surface area contributed by atoms with E-state index in [9.17, 15) is 31.5 Å². The van der Waals surface area contributed by atoms with Crippen molar-refractivity contribution in [1.82, 2.24) is 35.2 Å². The highest BCUT2D eigenvalue weighted by atomic mass is 19.4. The number of alkyl halides is 5. The molecule has 0 aliphatic heterocycles. The minimum absolute atomic E-state index is 0.0156. The zero-order valence-electron chi connectivity index (χ0n) is 22.7. The molecular weight excluding hydrogens is 565 g/mol. The Morgan fingerprint density at radius 1 is 1.05 bits per heavy atom. The summed E-state index contributed by atoms with van der Waals surface area (Å²) in [5.74, 6) is -4.20. The molecule has 0 saturated heterocycles. The lowest BCUT2D eigenvalue weighted by molar-refractivity contribution is -0.144. The molecule has 1 unspecified atom stereocenters. The molecule has 2 N–H and O–H groups in total. The van der Waals surface area contributed by atoms with E-state index in [1.165, 1.54) is 30.2 Å². The summed E-state index contributed by atoms with van der Waals surface area (Å²) in [5.41, 5.74) is 1.35. The molecule has 5 rings (SSSR count). The largest absolute Gasteiger partial charge is 0.480 e. The van der Waals surface area contributed by atoms with Crippen molar-refractivity contribution < 1.29 is 36.3 Å². The minimum Gasteiger partial charge on any atom is -0.480 e. The van der Waals surface area contributed by atoms with Crippen molar-refractivity contribution in [2.24, 2.45) is 11.8 Å². The van der Waals surface area contributed by atoms with Gasteiger partial charge in [0, 0.05) is 19.3 Å². The predicted octanol–water partition coefficient (Wildman–Crippen LogP) is 4.73. The van der Waals surface area contributed by atoms with Gasteiger partial charge in [0.1, 0.15) is 5.69 Å². The lowest BCUT2D eigenvalue weighted by atomic mass is 9.81. The van der Waals surface area contributed by atoms with Crippen LogP contribution in [-0.4, -0.2) is 55.6 Å². The fourth-order valence-corrected chi connectivity index (χ4v) is 5.23. The first kappa shape index (κ1) is 29.6. The van der Waals surface area contributed by atoms with Crippen LogP contribution in [0, 0.1) is 11.8 Å². The van der Waals surface area contributed by atoms with Gasteiger partial charge < -0.3 is 15.4 Å². The first-order valence-corrected chi connectivity index (χ1v) is 13.7. The van der Waals surface area contributed by atoms with E-state index in [2.05, 4.69) is 30.7 Å². The van der Waals surface area contributed by atoms with Crippen LogP contribution in [0.3, 0.4) is 0 Å². The normalized spacial score (nSPS) is 18.8. The Bertz CT molecular complexity index is 1430. The smallest absolute Gasteiger partial charge is 0.389 e. The molecule has 0 spiro atoms. The van der Waals surface area contributed by atoms with Crippen LogP contribution in [0.25, 0.3) is 5.65 Å². The number of halogens is 5. The van der Waals surface area contributed by atoms with Crippen LogP contribution in [0.2, 0.25) is 0 Å². The molecule has 3 heterocycles. The molecule has 2 amide bonds. The highest BCUT2D eigenvalue weighted by molar-refractivity contribution is 5.92. The number of ether oxygens (including phenoxy) is 1. The molecule has 2 saturated carbocycles. The number of imidazole rings is 1. The van der Waals surface area contributed by atoms with Gasteiger partial charge in [0.25, 0.3) is 5.91 Å². The molecule has 0 radical (unpaired) electrons. The number of carbonyl (C=O) groups excluding carboxylic acids is 2. The molecule has 10 nitrogen and oxygen atoms in total. The van der Waals surface area contributed by atoms with Crippen LogP contribution in [0.4, 0.5) is 22.0 Å². The topological polar surface area (TPSA) is 123 Å². The van der Waals surface area contributed by atoms with E-state index in [0.717, 1.165) is 12.8 Å². The number of hydrogen-bond donors (Lipinski definition) is 2. The van der Waals surface area contributed by atoms with Gasteiger partial charge in [-0.05, 0) is 49.1 Å². The monoisotopic (exact) mass is 595 g/mol. The second-order valence-electron chi connectivity index (χ2n) is 10.8. The molecule has 226 valence electrons. The number of fused-ring (bicyclic) bond motifs is 1. The zero-order valence-corrected chi connectivity index (χ0v) is 22.7. The molecule has 3 aromatic heterocycles. The maximum atomic E-state index is 14.0. The second-order valence-corrected chi connectivity index (χ2v) is 10.8. The van der Waals surface area contributed by atoms with E-state index in [0.29, 0.717) is 16.9 Å². The Hall–Kier alpha value is -3.91. The zero-order chi connectivity index (χ0) is 30.1. The molecule has 2 fully saturated rings. The van der Waals surface area contributed by atoms with Crippen molar-refractivity contribution >= 4 is 17.5 Å². The summed E-state index contributed by atoms with van der Waals surface area (Å²) >= 11 is 0. The lowest BCUT2D eigenvalue weighted by Crippen LogP contribution is -2.37. The third-order valence-corrected chi connectivity index (χ3v) is 7.66. The number of aromatic nitrogens is 5. The third kappa shape index (κ3) is 7.29. The fourth-order valence-electron chi connectivity index (χ4n) is 5.23. The van der Waals surface area contributed by atoms with Gasteiger partial charge in [-0.3, -0.25) is 14.6 Å². The molecule has 0 bridgehead atoms. The van der Waals surface area contributed by atoms with Crippen molar-refractivity contribution in [3.63, 3.8) is 0 Å². The summed E-state index contributed by atoms with van der Waals surface area (Å²) in [4.78, 5) is 38.1. The average Bonchev–Trinajstić information content (AvgIpc) is 3.71. The van der Waals surface area contributed by atoms with Gasteiger partial charge in [0.15, 0.2) is 5.65 Å². The predicted molar refractivity (Wildman–Crippen MR) is 138 cm³/mol. The van der Waals surface area contributed by atoms with Crippen molar-refractivity contribution in [2.45, 2.75) is 75.5 Å². The molecule has 15 heteroatoms. The maximum absolute atomic E-state index is 14.0. The molecule has 2 aliphatic carbocycles. The van der Waals surface area contributed by atoms with Gasteiger partial charge >= 0.3 is 6.18 Å². The number of rotatable bonds is 10. The van der Waals surface area contributed by atoms with Crippen molar-refractivity contribution in [3.8, 4) is 5.88 Å². The van der Waals surface area contributed by atoms with E-state index in [1.54, 1.807) is 12.3 Å². The Morgan fingerprint density at radius 2 is 1.76 bits per heavy atom. The lowest BCUT2D eigenvalue weighted by Gasteiger charge is -2.33. The number of methoxy groups -OCH3 is 1. The number of hydrogen-bond acceptors (Lipinski definition) is 7. The molecule has 2 atom stereocenters. The van der Waals surface area contributed by atoms with Crippen LogP contribution in [0.5, 0.6) is 5.88 Å². The summed E-state index contributed by atoms with van der Waals surface area (Å²) in [5, 5.41) is 9.98. The number of nitrogens with zero attached hydrogens (tertiary/aromatic N) is 5. The van der Waals surface area contributed by atoms with Gasteiger partial charge in [-0.2, -0.15) is 18.3 Å². The molecule has 3 aromatic rings. The maximum Gasteiger partial charge on any atom is 0.389 e. The van der Waals surface area contributed by atoms with Crippen LogP contribution in [0.1, 0.15) is 85.2 Å². The van der Waals surface area contributed by atoms with Gasteiger partial charge in [0.2, 0.25) is 17.7 Å². The molecule has 42 heavy (non-hydrogen) atoms. The second kappa shape index (κ2) is 11.8. The number of amides is 2. The Labute approximate surface area is 237 Å². The van der Waals surface area contributed by atoms with Crippen LogP contribution < -0.4 is 15.4 Å². The number of carbonyl (C=O) groups is 2. The van der Waals surface area contributed by atoms with Crippen molar-refractivity contribution in [2.75, 3.05) is 7.11 Å². The third-order valence-electron chi connectivity index (χ3n) is 7.66. The fraction of sp³-hybridized carbons (Fsp3) is 0.556. The van der Waals surface area contributed by atoms with E-state index < -0.39 is 48.8 Å². The first-order valence-electron chi connectivity index (χ1n) is 13.7. The summed E-state index contributed by atoms with van der Waals surface area (Å²) < 4.78 is 72.2. The summed E-state index contributed by atoms with van der Waals surface area (Å²) in [6.45, 7) is 0. The molecule has 0 aromatic carbocycles. The summed E-state index contributed by atoms with van der Waals surface area (Å²) in [6.07, 6.45) is 0.695. The van der Waals surface area contributed by atoms with Crippen LogP contribution in [0.15, 0.2) is 30.9 Å². The van der Waals surface area contributed by atoms with Crippen molar-refractivity contribution in [1.29, 1.82) is 0 Å². The summed E-state index contributed by atoms with van der Waals surface area (Å²) in [7, 11) is 1.39. The van der Waals surface area contributed by atoms with E-state index in [-0.39, 0.29) is 49.1 Å². The van der Waals surface area contributed by atoms with Crippen LogP contribution in [-0.2, 0) is 4.79 Å². The molecule has 2 aliphatic rings. The van der Waals surface area contributed by atoms with Gasteiger partial charge in [-0.25, -0.2) is 23.3 Å². The van der Waals surface area contributed by atoms with E-state index in [4.69, 9.17) is 4.74 Å². The van der Waals surface area contributed by atoms with Crippen molar-refractivity contribution in [3.05, 3.63) is 47.8 Å². The highest BCUT2D eigenvalue weighted by Gasteiger charge is 2.40. The first-order chi connectivity index (χ1) is 19.9. The van der Waals surface area contributed by atoms with Gasteiger partial charge in [-0.15, -0.1) is 0 Å². The average molecular weight is 596 g/mol. The standard InChI is InChI=1S/C27H30F5N7O3/c1-42-22-13-33-12-18(36-22)25(41)38-24(16-4-7-26(28,29)8-5-16)19-14-39-20(35-19)10-17(11-34-39)23(15-2-3-15)37-21(40)6-9-27(30,31)32/h10-16,23-24H,2-9H2,1H3,(H,37,40)(H,38,41)/t23?,24-/m0/s1. The van der Waals surface area contributed by atoms with E-state index in [1.807, 2.05) is 0 Å². The van der Waals surface area contributed by atoms with E-state index >= 15 is 0 Å². The number of nitrogens with one attached hydrogen (secondary N) is 2. The van der Waals surface area contributed by atoms with Crippen LogP contribution >= 0.6 is 0 Å². The Balaban J connectivity index is 1.40. The van der Waals surface area contributed by atoms with Gasteiger partial charge in [0.05, 0.1) is 56.1 Å². The highest BCUT2D eigenvalue weighted by Crippen LogP contribution is 2.43. The molecular formula is C27H30F5N7O3. The Kier molecular flexibility index (Phi) is 8.28.